The fourth-order valence-electron chi connectivity index (χ4n) is 4.48. The van der Waals surface area contributed by atoms with Crippen LogP contribution in [0.5, 0.6) is 0 Å². The zero-order chi connectivity index (χ0) is 34.0. The number of nitrogens with zero attached hydrogens (tertiary/aromatic N) is 4. The van der Waals surface area contributed by atoms with E-state index >= 15 is 0 Å². The van der Waals surface area contributed by atoms with Crippen molar-refractivity contribution in [1.82, 2.24) is 35.8 Å². The van der Waals surface area contributed by atoms with Crippen molar-refractivity contribution in [2.45, 2.75) is 83.6 Å². The topological polar surface area (TPSA) is 239 Å². The zero-order valence-electron chi connectivity index (χ0n) is 25.6. The zero-order valence-corrected chi connectivity index (χ0v) is 25.6. The van der Waals surface area contributed by atoms with Gasteiger partial charge in [-0.1, -0.05) is 17.3 Å². The number of nitrogens with one attached hydrogen (secondary N) is 3. The molecule has 1 aliphatic rings. The number of carboxylic acids is 2. The Hall–Kier alpha value is -5.35. The smallest absolute Gasteiger partial charge is 0.329 e. The molecule has 17 nitrogen and oxygen atoms in total. The van der Waals surface area contributed by atoms with E-state index in [1.54, 1.807) is 45.0 Å². The van der Waals surface area contributed by atoms with Crippen molar-refractivity contribution in [1.29, 1.82) is 0 Å². The maximum atomic E-state index is 12.7. The number of hydrogen-bond donors (Lipinski definition) is 5. The number of ether oxygens (including phenoxy) is 1. The number of esters is 1. The van der Waals surface area contributed by atoms with Crippen LogP contribution in [0.3, 0.4) is 0 Å². The van der Waals surface area contributed by atoms with Crippen LogP contribution in [0.2, 0.25) is 0 Å². The maximum Gasteiger partial charge on any atom is 0.329 e. The minimum atomic E-state index is -1.32. The fraction of sp³-hybridized carbons (Fsp3) is 0.483. The number of benzene rings is 1. The molecule has 0 spiro atoms. The molecule has 2 aromatic rings. The maximum absolute atomic E-state index is 12.7. The number of imide groups is 1. The van der Waals surface area contributed by atoms with E-state index in [1.165, 1.54) is 10.9 Å². The molecule has 0 fully saturated rings. The largest absolute Gasteiger partial charge is 0.481 e. The number of carbonyl (C=O) groups is 7. The molecule has 1 aliphatic heterocycles. The lowest BCUT2D eigenvalue weighted by atomic mass is 10.1. The van der Waals surface area contributed by atoms with Crippen LogP contribution in [0, 0.1) is 0 Å². The quantitative estimate of drug-likeness (QED) is 0.0964. The summed E-state index contributed by atoms with van der Waals surface area (Å²) in [7, 11) is 0. The number of urea groups is 1. The van der Waals surface area contributed by atoms with Crippen LogP contribution in [0.4, 0.5) is 4.79 Å². The molecule has 3 rings (SSSR count). The molecule has 0 unspecified atom stereocenters. The summed E-state index contributed by atoms with van der Waals surface area (Å²) in [6, 6.07) is 2.84. The summed E-state index contributed by atoms with van der Waals surface area (Å²) in [5, 5.41) is 33.4. The van der Waals surface area contributed by atoms with Crippen molar-refractivity contribution in [2.75, 3.05) is 6.54 Å². The second kappa shape index (κ2) is 15.6. The van der Waals surface area contributed by atoms with E-state index < -0.39 is 65.8 Å². The minimum Gasteiger partial charge on any atom is -0.481 e. The predicted molar refractivity (Wildman–Crippen MR) is 157 cm³/mol. The number of aliphatic carboxylic acids is 2. The number of aromatic nitrogens is 3. The molecule has 46 heavy (non-hydrogen) atoms. The number of amides is 5. The SMILES string of the molecule is CC(C)(C)OC(=O)[C@H](CCC(=O)O)NC(=O)N[C@@H](CCCCNC(=O)Cn1nncc1CN1C(=O)c2ccccc2C1=O)C(=O)O. The van der Waals surface area contributed by atoms with Gasteiger partial charge in [0, 0.05) is 13.0 Å². The molecule has 5 amide bonds. The van der Waals surface area contributed by atoms with Crippen molar-refractivity contribution < 1.29 is 48.5 Å². The Labute approximate surface area is 263 Å². The second-order valence-corrected chi connectivity index (χ2v) is 11.5. The van der Waals surface area contributed by atoms with Gasteiger partial charge < -0.3 is 30.9 Å². The Bertz CT molecular complexity index is 1450. The molecule has 0 saturated carbocycles. The summed E-state index contributed by atoms with van der Waals surface area (Å²) in [6.45, 7) is 4.63. The van der Waals surface area contributed by atoms with Gasteiger partial charge in [-0.15, -0.1) is 5.10 Å². The van der Waals surface area contributed by atoms with Crippen molar-refractivity contribution in [3.05, 3.63) is 47.3 Å². The fourth-order valence-corrected chi connectivity index (χ4v) is 4.48. The number of carboxylic acid groups (broad SMARTS) is 2. The van der Waals surface area contributed by atoms with Gasteiger partial charge in [0.1, 0.15) is 24.2 Å². The van der Waals surface area contributed by atoms with Gasteiger partial charge in [0.15, 0.2) is 0 Å². The van der Waals surface area contributed by atoms with Gasteiger partial charge in [-0.25, -0.2) is 19.1 Å². The van der Waals surface area contributed by atoms with Crippen LogP contribution in [0.15, 0.2) is 30.5 Å². The highest BCUT2D eigenvalue weighted by Crippen LogP contribution is 2.24. The van der Waals surface area contributed by atoms with Gasteiger partial charge in [-0.3, -0.25) is 24.1 Å². The third kappa shape index (κ3) is 10.1. The van der Waals surface area contributed by atoms with E-state index in [4.69, 9.17) is 9.84 Å². The molecular formula is C29H37N7O10. The highest BCUT2D eigenvalue weighted by Gasteiger charge is 2.36. The van der Waals surface area contributed by atoms with Gasteiger partial charge in [0.2, 0.25) is 5.91 Å². The Morgan fingerprint density at radius 1 is 0.935 bits per heavy atom. The first-order valence-electron chi connectivity index (χ1n) is 14.5. The number of unbranched alkanes of at least 4 members (excludes halogenated alkanes) is 1. The summed E-state index contributed by atoms with van der Waals surface area (Å²) in [5.41, 5.74) is 0.0711. The minimum absolute atomic E-state index is 0.00163. The summed E-state index contributed by atoms with van der Waals surface area (Å²) in [5.74, 6) is -4.70. The van der Waals surface area contributed by atoms with Crippen molar-refractivity contribution in [3.8, 4) is 0 Å². The van der Waals surface area contributed by atoms with E-state index in [9.17, 15) is 38.7 Å². The van der Waals surface area contributed by atoms with Gasteiger partial charge in [0.05, 0.1) is 29.6 Å². The van der Waals surface area contributed by atoms with E-state index in [1.807, 2.05) is 0 Å². The lowest BCUT2D eigenvalue weighted by Gasteiger charge is -2.25. The summed E-state index contributed by atoms with van der Waals surface area (Å²) in [4.78, 5) is 86.5. The Kier molecular flexibility index (Phi) is 11.9. The summed E-state index contributed by atoms with van der Waals surface area (Å²) >= 11 is 0. The van der Waals surface area contributed by atoms with E-state index in [0.717, 1.165) is 4.90 Å². The van der Waals surface area contributed by atoms with E-state index in [-0.39, 0.29) is 32.5 Å². The Morgan fingerprint density at radius 3 is 2.15 bits per heavy atom. The second-order valence-electron chi connectivity index (χ2n) is 11.5. The average molecular weight is 644 g/mol. The Morgan fingerprint density at radius 2 is 1.57 bits per heavy atom. The van der Waals surface area contributed by atoms with Gasteiger partial charge in [0.25, 0.3) is 11.8 Å². The van der Waals surface area contributed by atoms with Crippen LogP contribution in [-0.4, -0.2) is 96.0 Å². The molecule has 248 valence electrons. The van der Waals surface area contributed by atoms with E-state index in [0.29, 0.717) is 29.7 Å². The lowest BCUT2D eigenvalue weighted by Crippen LogP contribution is -2.52. The van der Waals surface area contributed by atoms with Crippen molar-refractivity contribution in [3.63, 3.8) is 0 Å². The highest BCUT2D eigenvalue weighted by molar-refractivity contribution is 6.21. The molecule has 1 aromatic carbocycles. The first kappa shape index (κ1) is 35.1. The van der Waals surface area contributed by atoms with Crippen LogP contribution in [0.1, 0.15) is 79.3 Å². The van der Waals surface area contributed by atoms with Crippen LogP contribution < -0.4 is 16.0 Å². The molecule has 17 heteroatoms. The Balaban J connectivity index is 1.43. The molecule has 0 saturated heterocycles. The van der Waals surface area contributed by atoms with E-state index in [2.05, 4.69) is 26.3 Å². The first-order valence-corrected chi connectivity index (χ1v) is 14.5. The van der Waals surface area contributed by atoms with Crippen molar-refractivity contribution >= 4 is 41.7 Å². The molecule has 0 radical (unpaired) electrons. The summed E-state index contributed by atoms with van der Waals surface area (Å²) < 4.78 is 6.49. The van der Waals surface area contributed by atoms with Gasteiger partial charge in [-0.05, 0) is 58.6 Å². The predicted octanol–water partition coefficient (Wildman–Crippen LogP) is 0.688. The monoisotopic (exact) mass is 643 g/mol. The summed E-state index contributed by atoms with van der Waals surface area (Å²) in [6.07, 6.45) is 1.32. The highest BCUT2D eigenvalue weighted by atomic mass is 16.6. The number of carbonyl (C=O) groups excluding carboxylic acids is 5. The third-order valence-corrected chi connectivity index (χ3v) is 6.68. The molecule has 0 aliphatic carbocycles. The molecule has 2 atom stereocenters. The molecule has 0 bridgehead atoms. The lowest BCUT2D eigenvalue weighted by molar-refractivity contribution is -0.157. The number of hydrogen-bond acceptors (Lipinski definition) is 10. The normalized spacial score (nSPS) is 13.8. The average Bonchev–Trinajstić information content (AvgIpc) is 3.50. The molecular weight excluding hydrogens is 606 g/mol. The number of fused-ring (bicyclic) bond motifs is 1. The third-order valence-electron chi connectivity index (χ3n) is 6.68. The van der Waals surface area contributed by atoms with Crippen LogP contribution in [0.25, 0.3) is 0 Å². The standard InChI is InChI=1S/C29H37N7O10/c1-29(2,3)46-27(44)21(11-12-23(38)39)33-28(45)32-20(26(42)43)10-6-7-13-30-22(37)16-36-17(14-31-34-36)15-35-24(40)18-8-4-5-9-19(18)25(35)41/h4-5,8-9,14,20-21H,6-7,10-13,15-16H2,1-3H3,(H,30,37)(H,38,39)(H,42,43)(H2,32,33,45)/t20-,21-/m0/s1. The molecule has 1 aromatic heterocycles. The molecule has 5 N–H and O–H groups in total. The van der Waals surface area contributed by atoms with Gasteiger partial charge in [-0.2, -0.15) is 0 Å². The van der Waals surface area contributed by atoms with Crippen molar-refractivity contribution in [2.24, 2.45) is 0 Å². The van der Waals surface area contributed by atoms with Crippen LogP contribution in [-0.2, 0) is 37.0 Å². The van der Waals surface area contributed by atoms with Gasteiger partial charge >= 0.3 is 23.9 Å². The van der Waals surface area contributed by atoms with Crippen LogP contribution >= 0.6 is 0 Å². The first-order chi connectivity index (χ1) is 21.7. The molecule has 2 heterocycles. The number of rotatable bonds is 16.